The normalized spacial score (nSPS) is 23.3. The van der Waals surface area contributed by atoms with Crippen LogP contribution in [-0.4, -0.2) is 45.6 Å². The lowest BCUT2D eigenvalue weighted by Crippen LogP contribution is -2.33. The number of nitrogens with zero attached hydrogens (tertiary/aromatic N) is 1. The number of carbonyl (C=O) groups is 5. The van der Waals surface area contributed by atoms with E-state index in [-0.39, 0.29) is 11.1 Å². The molecule has 0 saturated carbocycles. The zero-order chi connectivity index (χ0) is 17.0. The van der Waals surface area contributed by atoms with E-state index in [0.717, 1.165) is 12.1 Å². The number of fused-ring (bicyclic) bond motifs is 1. The van der Waals surface area contributed by atoms with Crippen LogP contribution in [0.25, 0.3) is 0 Å². The smallest absolute Gasteiger partial charge is 0.346 e. The van der Waals surface area contributed by atoms with Crippen LogP contribution in [-0.2, 0) is 14.3 Å². The molecule has 0 radical (unpaired) electrons. The molecular weight excluding hydrogens is 353 g/mol. The van der Waals surface area contributed by atoms with Gasteiger partial charge in [0.05, 0.1) is 22.4 Å². The quantitative estimate of drug-likeness (QED) is 0.359. The van der Waals surface area contributed by atoms with Crippen molar-refractivity contribution in [2.45, 2.75) is 10.8 Å². The summed E-state index contributed by atoms with van der Waals surface area (Å²) in [6.45, 7) is 0. The number of benzene rings is 1. The van der Waals surface area contributed by atoms with Crippen LogP contribution >= 0.6 is 23.2 Å². The SMILES string of the molecule is O=C1OC(=O)c2cc(N3C(=O)C(Cl)C(Cl)C3=O)c(C(=O)O)cc21. The molecule has 10 heteroatoms. The highest BCUT2D eigenvalue weighted by molar-refractivity contribution is 6.52. The number of esters is 2. The minimum atomic E-state index is -1.51. The Morgan fingerprint density at radius 1 is 1.00 bits per heavy atom. The van der Waals surface area contributed by atoms with Crippen molar-refractivity contribution in [1.82, 2.24) is 0 Å². The van der Waals surface area contributed by atoms with E-state index < -0.39 is 51.7 Å². The van der Waals surface area contributed by atoms with Crippen LogP contribution in [0.2, 0.25) is 0 Å². The maximum atomic E-state index is 12.1. The first-order valence-electron chi connectivity index (χ1n) is 6.08. The fourth-order valence-corrected chi connectivity index (χ4v) is 2.73. The Labute approximate surface area is 137 Å². The molecular formula is C13H5Cl2NO7. The molecule has 2 amide bonds. The summed E-state index contributed by atoms with van der Waals surface area (Å²) in [5.74, 6) is -5.37. The number of imide groups is 1. The molecule has 0 spiro atoms. The van der Waals surface area contributed by atoms with E-state index in [1.165, 1.54) is 0 Å². The van der Waals surface area contributed by atoms with Crippen LogP contribution in [0.4, 0.5) is 5.69 Å². The molecule has 2 aliphatic rings. The number of ether oxygens (including phenoxy) is 1. The lowest BCUT2D eigenvalue weighted by atomic mass is 10.0. The Morgan fingerprint density at radius 2 is 1.48 bits per heavy atom. The van der Waals surface area contributed by atoms with E-state index in [2.05, 4.69) is 4.74 Å². The Bertz CT molecular complexity index is 799. The number of aromatic carboxylic acids is 1. The number of cyclic esters (lactones) is 2. The maximum absolute atomic E-state index is 12.1. The maximum Gasteiger partial charge on any atom is 0.346 e. The number of anilines is 1. The second-order valence-corrected chi connectivity index (χ2v) is 5.65. The summed E-state index contributed by atoms with van der Waals surface area (Å²) in [6, 6.07) is 1.80. The van der Waals surface area contributed by atoms with Crippen molar-refractivity contribution in [3.8, 4) is 0 Å². The van der Waals surface area contributed by atoms with Crippen LogP contribution in [0.5, 0.6) is 0 Å². The standard InChI is InChI=1S/C13H5Cl2NO7/c14-7-8(15)10(18)16(9(7)17)6-2-4-3(1-5(6)11(19)20)12(21)23-13(4)22/h1-2,7-8H,(H,19,20). The molecule has 1 aromatic rings. The van der Waals surface area contributed by atoms with Crippen molar-refractivity contribution >= 4 is 58.6 Å². The third-order valence-corrected chi connectivity index (χ3v) is 4.41. The summed E-state index contributed by atoms with van der Waals surface area (Å²) in [7, 11) is 0. The zero-order valence-electron chi connectivity index (χ0n) is 10.9. The number of hydrogen-bond donors (Lipinski definition) is 1. The van der Waals surface area contributed by atoms with Crippen LogP contribution < -0.4 is 4.90 Å². The number of alkyl halides is 2. The highest BCUT2D eigenvalue weighted by Gasteiger charge is 2.48. The number of halogens is 2. The molecule has 0 aliphatic carbocycles. The van der Waals surface area contributed by atoms with E-state index in [4.69, 9.17) is 23.2 Å². The molecule has 1 aromatic carbocycles. The van der Waals surface area contributed by atoms with Crippen molar-refractivity contribution in [1.29, 1.82) is 0 Å². The number of hydrogen-bond acceptors (Lipinski definition) is 6. The van der Waals surface area contributed by atoms with Crippen LogP contribution in [0.3, 0.4) is 0 Å². The molecule has 2 aliphatic heterocycles. The summed E-state index contributed by atoms with van der Waals surface area (Å²) in [5, 5.41) is 6.53. The summed E-state index contributed by atoms with van der Waals surface area (Å²) in [4.78, 5) is 59.1. The first-order chi connectivity index (χ1) is 10.7. The molecule has 1 fully saturated rings. The van der Waals surface area contributed by atoms with E-state index in [1.54, 1.807) is 0 Å². The number of carbonyl (C=O) groups excluding carboxylic acids is 4. The van der Waals surface area contributed by atoms with E-state index >= 15 is 0 Å². The minimum absolute atomic E-state index is 0.250. The second kappa shape index (κ2) is 5.04. The van der Waals surface area contributed by atoms with Crippen molar-refractivity contribution in [3.63, 3.8) is 0 Å². The average molecular weight is 358 g/mol. The molecule has 118 valence electrons. The summed E-state index contributed by atoms with van der Waals surface area (Å²) >= 11 is 11.4. The van der Waals surface area contributed by atoms with Gasteiger partial charge in [-0.05, 0) is 12.1 Å². The van der Waals surface area contributed by atoms with Gasteiger partial charge in [0, 0.05) is 0 Å². The average Bonchev–Trinajstić information content (AvgIpc) is 2.88. The largest absolute Gasteiger partial charge is 0.478 e. The Morgan fingerprint density at radius 3 is 1.96 bits per heavy atom. The van der Waals surface area contributed by atoms with Gasteiger partial charge in [0.15, 0.2) is 0 Å². The fraction of sp³-hybridized carbons (Fsp3) is 0.154. The van der Waals surface area contributed by atoms with Gasteiger partial charge >= 0.3 is 17.9 Å². The van der Waals surface area contributed by atoms with Gasteiger partial charge in [0.25, 0.3) is 11.8 Å². The number of rotatable bonds is 2. The highest BCUT2D eigenvalue weighted by Crippen LogP contribution is 2.35. The van der Waals surface area contributed by atoms with Crippen LogP contribution in [0, 0.1) is 0 Å². The number of amides is 2. The Kier molecular flexibility index (Phi) is 3.38. The van der Waals surface area contributed by atoms with E-state index in [9.17, 15) is 29.1 Å². The topological polar surface area (TPSA) is 118 Å². The van der Waals surface area contributed by atoms with Gasteiger partial charge in [0.1, 0.15) is 10.8 Å². The summed E-state index contributed by atoms with van der Waals surface area (Å²) in [6.07, 6.45) is 0. The van der Waals surface area contributed by atoms with Crippen molar-refractivity contribution < 1.29 is 33.8 Å². The van der Waals surface area contributed by atoms with Crippen molar-refractivity contribution in [2.24, 2.45) is 0 Å². The molecule has 2 unspecified atom stereocenters. The Balaban J connectivity index is 2.24. The molecule has 0 bridgehead atoms. The lowest BCUT2D eigenvalue weighted by molar-refractivity contribution is -0.121. The van der Waals surface area contributed by atoms with E-state index in [0.29, 0.717) is 4.90 Å². The van der Waals surface area contributed by atoms with Gasteiger partial charge < -0.3 is 9.84 Å². The molecule has 2 heterocycles. The highest BCUT2D eigenvalue weighted by atomic mass is 35.5. The first kappa shape index (κ1) is 15.4. The third-order valence-electron chi connectivity index (χ3n) is 3.40. The molecule has 2 atom stereocenters. The van der Waals surface area contributed by atoms with Gasteiger partial charge in [-0.25, -0.2) is 19.3 Å². The first-order valence-corrected chi connectivity index (χ1v) is 6.95. The van der Waals surface area contributed by atoms with Crippen LogP contribution in [0.1, 0.15) is 31.1 Å². The lowest BCUT2D eigenvalue weighted by Gasteiger charge is -2.17. The number of carboxylic acid groups (broad SMARTS) is 1. The summed E-state index contributed by atoms with van der Waals surface area (Å²) in [5.41, 5.74) is -1.45. The minimum Gasteiger partial charge on any atom is -0.478 e. The van der Waals surface area contributed by atoms with Gasteiger partial charge in [-0.15, -0.1) is 23.2 Å². The fourth-order valence-electron chi connectivity index (χ4n) is 2.32. The second-order valence-electron chi connectivity index (χ2n) is 4.71. The van der Waals surface area contributed by atoms with Gasteiger partial charge in [-0.3, -0.25) is 9.59 Å². The van der Waals surface area contributed by atoms with Crippen molar-refractivity contribution in [3.05, 3.63) is 28.8 Å². The van der Waals surface area contributed by atoms with Crippen LogP contribution in [0.15, 0.2) is 12.1 Å². The molecule has 1 saturated heterocycles. The molecule has 8 nitrogen and oxygen atoms in total. The third kappa shape index (κ3) is 2.10. The van der Waals surface area contributed by atoms with Gasteiger partial charge in [-0.1, -0.05) is 0 Å². The molecule has 1 N–H and O–H groups in total. The Hall–Kier alpha value is -2.45. The van der Waals surface area contributed by atoms with E-state index in [1.807, 2.05) is 0 Å². The predicted octanol–water partition coefficient (Wildman–Crippen LogP) is 0.783. The van der Waals surface area contributed by atoms with Gasteiger partial charge in [0.2, 0.25) is 0 Å². The molecule has 3 rings (SSSR count). The predicted molar refractivity (Wildman–Crippen MR) is 74.9 cm³/mol. The number of carboxylic acids is 1. The van der Waals surface area contributed by atoms with Crippen molar-refractivity contribution in [2.75, 3.05) is 4.90 Å². The van der Waals surface area contributed by atoms with Gasteiger partial charge in [-0.2, -0.15) is 0 Å². The molecule has 23 heavy (non-hydrogen) atoms. The summed E-state index contributed by atoms with van der Waals surface area (Å²) < 4.78 is 4.37. The zero-order valence-corrected chi connectivity index (χ0v) is 12.4. The molecule has 0 aromatic heterocycles. The monoisotopic (exact) mass is 357 g/mol.